The number of carbonyl (C=O) groups excluding carboxylic acids is 1. The van der Waals surface area contributed by atoms with Gasteiger partial charge in [-0.3, -0.25) is 9.69 Å². The summed E-state index contributed by atoms with van der Waals surface area (Å²) in [7, 11) is 0. The van der Waals surface area contributed by atoms with Gasteiger partial charge in [0.1, 0.15) is 11.3 Å². The Hall–Kier alpha value is -3.18. The number of β-amino-alcohol motifs (C(OH)–C–C–N with tert-alkyl or cyclic N) is 1. The van der Waals surface area contributed by atoms with Crippen molar-refractivity contribution in [1.29, 1.82) is 0 Å². The normalized spacial score (nSPS) is 21.9. The SMILES string of the molecule is CC(C)N(c1ccc(Oc2ncc(CN3CCC(O)C3)cc2C(F)(F)F)cc1C(=O)O)C(=O)[C@H]1CC[C@H](C)CC1. The second-order valence-corrected chi connectivity index (χ2v) is 11.2. The largest absolute Gasteiger partial charge is 0.478 e. The number of benzene rings is 1. The molecule has 2 heterocycles. The number of pyridine rings is 1. The van der Waals surface area contributed by atoms with Crippen molar-refractivity contribution in [3.63, 3.8) is 0 Å². The highest BCUT2D eigenvalue weighted by Gasteiger charge is 2.37. The molecule has 4 rings (SSSR count). The number of rotatable bonds is 8. The Balaban J connectivity index is 1.61. The number of carboxylic acids is 1. The lowest BCUT2D eigenvalue weighted by molar-refractivity contribution is -0.139. The number of alkyl halides is 3. The first-order chi connectivity index (χ1) is 18.8. The van der Waals surface area contributed by atoms with Crippen molar-refractivity contribution in [3.05, 3.63) is 47.2 Å². The number of carboxylic acid groups (broad SMARTS) is 1. The van der Waals surface area contributed by atoms with Crippen LogP contribution in [0.5, 0.6) is 11.6 Å². The van der Waals surface area contributed by atoms with Crippen LogP contribution in [0.15, 0.2) is 30.5 Å². The van der Waals surface area contributed by atoms with Gasteiger partial charge in [-0.1, -0.05) is 6.92 Å². The first kappa shape index (κ1) is 29.8. The molecule has 2 aliphatic rings. The van der Waals surface area contributed by atoms with Gasteiger partial charge in [-0.05, 0) is 81.7 Å². The van der Waals surface area contributed by atoms with Crippen LogP contribution in [0.2, 0.25) is 0 Å². The summed E-state index contributed by atoms with van der Waals surface area (Å²) >= 11 is 0. The van der Waals surface area contributed by atoms with Crippen LogP contribution in [0.4, 0.5) is 18.9 Å². The minimum atomic E-state index is -4.77. The number of ether oxygens (including phenoxy) is 1. The number of hydrogen-bond acceptors (Lipinski definition) is 6. The van der Waals surface area contributed by atoms with Crippen molar-refractivity contribution in [2.24, 2.45) is 11.8 Å². The average molecular weight is 564 g/mol. The van der Waals surface area contributed by atoms with E-state index >= 15 is 0 Å². The van der Waals surface area contributed by atoms with E-state index in [1.165, 1.54) is 23.2 Å². The number of anilines is 1. The minimum Gasteiger partial charge on any atom is -0.478 e. The van der Waals surface area contributed by atoms with Crippen LogP contribution in [-0.4, -0.2) is 57.2 Å². The van der Waals surface area contributed by atoms with Crippen molar-refractivity contribution in [2.75, 3.05) is 18.0 Å². The fourth-order valence-electron chi connectivity index (χ4n) is 5.51. The van der Waals surface area contributed by atoms with Crippen LogP contribution >= 0.6 is 0 Å². The van der Waals surface area contributed by atoms with E-state index in [0.29, 0.717) is 31.0 Å². The molecule has 1 aromatic heterocycles. The maximum atomic E-state index is 14.0. The van der Waals surface area contributed by atoms with Crippen LogP contribution in [0.1, 0.15) is 74.4 Å². The molecule has 1 aliphatic carbocycles. The number of amides is 1. The molecular formula is C29H36F3N3O5. The minimum absolute atomic E-state index is 0.141. The number of halogens is 3. The van der Waals surface area contributed by atoms with Gasteiger partial charge in [-0.2, -0.15) is 13.2 Å². The van der Waals surface area contributed by atoms with Gasteiger partial charge >= 0.3 is 12.1 Å². The number of aliphatic hydroxyl groups excluding tert-OH is 1. The van der Waals surface area contributed by atoms with Gasteiger partial charge in [0.15, 0.2) is 0 Å². The van der Waals surface area contributed by atoms with Crippen LogP contribution in [-0.2, 0) is 17.5 Å². The van der Waals surface area contributed by atoms with Crippen LogP contribution in [0, 0.1) is 11.8 Å². The molecule has 0 spiro atoms. The zero-order valence-corrected chi connectivity index (χ0v) is 22.9. The number of likely N-dealkylation sites (tertiary alicyclic amines) is 1. The Kier molecular flexibility index (Phi) is 9.04. The topological polar surface area (TPSA) is 103 Å². The van der Waals surface area contributed by atoms with Crippen LogP contribution in [0.25, 0.3) is 0 Å². The van der Waals surface area contributed by atoms with E-state index in [4.69, 9.17) is 4.74 Å². The molecule has 2 aromatic rings. The molecule has 0 radical (unpaired) electrons. The Morgan fingerprint density at radius 2 is 1.85 bits per heavy atom. The van der Waals surface area contributed by atoms with Crippen LogP contribution in [0.3, 0.4) is 0 Å². The highest BCUT2D eigenvalue weighted by molar-refractivity contribution is 6.03. The zero-order chi connectivity index (χ0) is 29.2. The number of aromatic carboxylic acids is 1. The van der Waals surface area contributed by atoms with Gasteiger partial charge in [0, 0.05) is 37.8 Å². The zero-order valence-electron chi connectivity index (χ0n) is 22.9. The van der Waals surface area contributed by atoms with Crippen LogP contribution < -0.4 is 9.64 Å². The predicted molar refractivity (Wildman–Crippen MR) is 142 cm³/mol. The molecule has 1 saturated heterocycles. The van der Waals surface area contributed by atoms with Crippen molar-refractivity contribution < 1.29 is 37.7 Å². The standard InChI is InChI=1S/C29H36F3N3O5/c1-17(2)35(27(37)20-6-4-18(3)5-7-20)25-9-8-22(13-23(25)28(38)39)40-26-24(29(30,31)32)12-19(14-33-26)15-34-11-10-21(36)16-34/h8-9,12-14,17-18,20-21,36H,4-7,10-11,15-16H2,1-3H3,(H,38,39)/t18-,20-,21?. The van der Waals surface area contributed by atoms with E-state index in [1.54, 1.807) is 13.8 Å². The molecule has 218 valence electrons. The molecule has 1 unspecified atom stereocenters. The van der Waals surface area contributed by atoms with Crippen molar-refractivity contribution in [3.8, 4) is 11.6 Å². The Morgan fingerprint density at radius 3 is 2.42 bits per heavy atom. The number of aliphatic hydroxyl groups is 1. The first-order valence-electron chi connectivity index (χ1n) is 13.7. The summed E-state index contributed by atoms with van der Waals surface area (Å²) in [5.41, 5.74) is -0.845. The molecular weight excluding hydrogens is 527 g/mol. The summed E-state index contributed by atoms with van der Waals surface area (Å²) in [6.07, 6.45) is -0.120. The van der Waals surface area contributed by atoms with E-state index in [1.807, 2.05) is 4.90 Å². The molecule has 1 aliphatic heterocycles. The number of aromatic nitrogens is 1. The first-order valence-corrected chi connectivity index (χ1v) is 13.7. The lowest BCUT2D eigenvalue weighted by atomic mass is 9.82. The van der Waals surface area contributed by atoms with E-state index < -0.39 is 29.7 Å². The summed E-state index contributed by atoms with van der Waals surface area (Å²) in [5, 5.41) is 19.7. The fourth-order valence-corrected chi connectivity index (χ4v) is 5.51. The monoisotopic (exact) mass is 563 g/mol. The fraction of sp³-hybridized carbons (Fsp3) is 0.552. The van der Waals surface area contributed by atoms with Gasteiger partial charge in [0.05, 0.1) is 17.4 Å². The van der Waals surface area contributed by atoms with Crippen molar-refractivity contribution in [2.45, 2.75) is 77.7 Å². The van der Waals surface area contributed by atoms with Gasteiger partial charge in [0.25, 0.3) is 0 Å². The van der Waals surface area contributed by atoms with E-state index in [9.17, 15) is 33.0 Å². The molecule has 0 bridgehead atoms. The summed E-state index contributed by atoms with van der Waals surface area (Å²) in [6.45, 7) is 6.88. The van der Waals surface area contributed by atoms with E-state index in [2.05, 4.69) is 11.9 Å². The summed E-state index contributed by atoms with van der Waals surface area (Å²) in [4.78, 5) is 32.9. The quantitative estimate of drug-likeness (QED) is 0.423. The lowest BCUT2D eigenvalue weighted by Crippen LogP contribution is -2.42. The Labute approximate surface area is 231 Å². The van der Waals surface area contributed by atoms with Gasteiger partial charge in [0.2, 0.25) is 11.8 Å². The number of nitrogens with zero attached hydrogens (tertiary/aromatic N) is 3. The highest BCUT2D eigenvalue weighted by atomic mass is 19.4. The smallest absolute Gasteiger partial charge is 0.421 e. The maximum absolute atomic E-state index is 14.0. The Bertz CT molecular complexity index is 1230. The molecule has 8 nitrogen and oxygen atoms in total. The number of hydrogen-bond donors (Lipinski definition) is 2. The van der Waals surface area contributed by atoms with Crippen molar-refractivity contribution in [1.82, 2.24) is 9.88 Å². The molecule has 2 N–H and O–H groups in total. The van der Waals surface area contributed by atoms with E-state index in [-0.39, 0.29) is 41.4 Å². The third-order valence-corrected chi connectivity index (χ3v) is 7.66. The summed E-state index contributed by atoms with van der Waals surface area (Å²) < 4.78 is 47.4. The third-order valence-electron chi connectivity index (χ3n) is 7.66. The molecule has 1 aromatic carbocycles. The molecule has 40 heavy (non-hydrogen) atoms. The molecule has 1 saturated carbocycles. The predicted octanol–water partition coefficient (Wildman–Crippen LogP) is 5.73. The van der Waals surface area contributed by atoms with Gasteiger partial charge < -0.3 is 19.8 Å². The molecule has 1 amide bonds. The summed E-state index contributed by atoms with van der Waals surface area (Å²) in [6, 6.07) is 4.52. The lowest BCUT2D eigenvalue weighted by Gasteiger charge is -2.34. The Morgan fingerprint density at radius 1 is 1.15 bits per heavy atom. The highest BCUT2D eigenvalue weighted by Crippen LogP contribution is 2.39. The third kappa shape index (κ3) is 6.93. The maximum Gasteiger partial charge on any atom is 0.421 e. The molecule has 11 heteroatoms. The van der Waals surface area contributed by atoms with Crippen molar-refractivity contribution >= 4 is 17.6 Å². The molecule has 2 fully saturated rings. The van der Waals surface area contributed by atoms with Gasteiger partial charge in [-0.15, -0.1) is 0 Å². The average Bonchev–Trinajstić information content (AvgIpc) is 3.29. The molecule has 1 atom stereocenters. The second kappa shape index (κ2) is 12.1. The van der Waals surface area contributed by atoms with E-state index in [0.717, 1.165) is 37.8 Å². The number of carbonyl (C=O) groups is 2. The second-order valence-electron chi connectivity index (χ2n) is 11.2. The van der Waals surface area contributed by atoms with Gasteiger partial charge in [-0.25, -0.2) is 9.78 Å². The summed E-state index contributed by atoms with van der Waals surface area (Å²) in [5.74, 6) is -1.99.